The van der Waals surface area contributed by atoms with Gasteiger partial charge in [-0.3, -0.25) is 4.79 Å². The van der Waals surface area contributed by atoms with E-state index in [9.17, 15) is 18.0 Å². The van der Waals surface area contributed by atoms with Gasteiger partial charge in [0.1, 0.15) is 11.6 Å². The molecule has 30 heavy (non-hydrogen) atoms. The van der Waals surface area contributed by atoms with Gasteiger partial charge in [0.2, 0.25) is 5.91 Å². The zero-order chi connectivity index (χ0) is 22.1. The van der Waals surface area contributed by atoms with Crippen molar-refractivity contribution in [3.8, 4) is 5.69 Å². The third-order valence-corrected chi connectivity index (χ3v) is 5.54. The molecule has 0 aliphatic heterocycles. The molecular formula is C19H18ClF3N4O2S. The van der Waals surface area contributed by atoms with Crippen LogP contribution in [0.5, 0.6) is 0 Å². The van der Waals surface area contributed by atoms with Crippen LogP contribution < -0.4 is 5.32 Å². The van der Waals surface area contributed by atoms with Crippen LogP contribution in [-0.4, -0.2) is 26.6 Å². The maximum Gasteiger partial charge on any atom is 0.416 e. The number of hydrogen-bond donors (Lipinski definition) is 1. The van der Waals surface area contributed by atoms with Crippen LogP contribution in [0.4, 0.5) is 19.0 Å². The van der Waals surface area contributed by atoms with E-state index in [1.165, 1.54) is 16.4 Å². The van der Waals surface area contributed by atoms with Crippen LogP contribution in [0.1, 0.15) is 28.3 Å². The summed E-state index contributed by atoms with van der Waals surface area (Å²) in [6.45, 7) is 5.29. The molecule has 0 fully saturated rings. The van der Waals surface area contributed by atoms with Crippen LogP contribution in [-0.2, 0) is 16.7 Å². The fourth-order valence-electron chi connectivity index (χ4n) is 2.76. The Morgan fingerprint density at radius 2 is 2.00 bits per heavy atom. The predicted molar refractivity (Wildman–Crippen MR) is 109 cm³/mol. The molecule has 3 aromatic rings. The van der Waals surface area contributed by atoms with Crippen molar-refractivity contribution in [2.45, 2.75) is 32.7 Å². The summed E-state index contributed by atoms with van der Waals surface area (Å²) in [6, 6.07) is 4.51. The highest BCUT2D eigenvalue weighted by molar-refractivity contribution is 7.99. The number of benzene rings is 1. The molecule has 0 unspecified atom stereocenters. The minimum Gasteiger partial charge on any atom is -0.361 e. The minimum absolute atomic E-state index is 0.0262. The number of anilines is 1. The van der Waals surface area contributed by atoms with Gasteiger partial charge >= 0.3 is 6.18 Å². The largest absolute Gasteiger partial charge is 0.416 e. The number of aromatic nitrogens is 3. The number of amides is 1. The van der Waals surface area contributed by atoms with Crippen LogP contribution >= 0.6 is 23.4 Å². The monoisotopic (exact) mass is 458 g/mol. The predicted octanol–water partition coefficient (Wildman–Crippen LogP) is 5.33. The van der Waals surface area contributed by atoms with Gasteiger partial charge in [-0.1, -0.05) is 16.8 Å². The van der Waals surface area contributed by atoms with E-state index >= 15 is 0 Å². The first-order chi connectivity index (χ1) is 14.1. The van der Waals surface area contributed by atoms with Crippen molar-refractivity contribution in [2.24, 2.45) is 0 Å². The molecule has 11 heteroatoms. The molecule has 0 bridgehead atoms. The molecule has 6 nitrogen and oxygen atoms in total. The summed E-state index contributed by atoms with van der Waals surface area (Å²) < 4.78 is 45.6. The molecule has 0 saturated heterocycles. The van der Waals surface area contributed by atoms with Gasteiger partial charge in [-0.2, -0.15) is 18.3 Å². The van der Waals surface area contributed by atoms with Gasteiger partial charge in [-0.25, -0.2) is 4.68 Å². The van der Waals surface area contributed by atoms with Crippen molar-refractivity contribution in [3.63, 3.8) is 0 Å². The van der Waals surface area contributed by atoms with Crippen molar-refractivity contribution < 1.29 is 22.5 Å². The molecule has 2 heterocycles. The lowest BCUT2D eigenvalue weighted by atomic mass is 10.2. The Morgan fingerprint density at radius 1 is 1.27 bits per heavy atom. The van der Waals surface area contributed by atoms with Gasteiger partial charge < -0.3 is 9.84 Å². The Morgan fingerprint density at radius 3 is 2.63 bits per heavy atom. The van der Waals surface area contributed by atoms with E-state index in [2.05, 4.69) is 15.6 Å². The molecule has 0 radical (unpaired) electrons. The Kier molecular flexibility index (Phi) is 6.47. The second-order valence-corrected chi connectivity index (χ2v) is 7.98. The highest BCUT2D eigenvalue weighted by atomic mass is 35.5. The average Bonchev–Trinajstić information content (AvgIpc) is 3.17. The van der Waals surface area contributed by atoms with Crippen molar-refractivity contribution in [1.82, 2.24) is 14.9 Å². The summed E-state index contributed by atoms with van der Waals surface area (Å²) in [5.74, 6) is 1.29. The van der Waals surface area contributed by atoms with E-state index in [0.717, 1.165) is 29.5 Å². The van der Waals surface area contributed by atoms with E-state index in [1.54, 1.807) is 19.9 Å². The topological polar surface area (TPSA) is 73.0 Å². The lowest BCUT2D eigenvalue weighted by Crippen LogP contribution is -2.17. The number of thioether (sulfide) groups is 1. The quantitative estimate of drug-likeness (QED) is 0.540. The highest BCUT2D eigenvalue weighted by Crippen LogP contribution is 2.34. The Bertz CT molecular complexity index is 1060. The van der Waals surface area contributed by atoms with Gasteiger partial charge in [0, 0.05) is 17.4 Å². The standard InChI is InChI=1S/C19H18ClF3N4O2S/c1-10-6-17(24-18(28)9-30-8-14-11(2)26-29-12(14)3)27(25-10)16-7-13(19(21,22)23)4-5-15(16)20/h4-7H,8-9H2,1-3H3,(H,24,28). The van der Waals surface area contributed by atoms with Gasteiger partial charge in [0.15, 0.2) is 0 Å². The van der Waals surface area contributed by atoms with Crippen molar-refractivity contribution in [3.05, 3.63) is 57.6 Å². The summed E-state index contributed by atoms with van der Waals surface area (Å²) in [5, 5.41) is 10.8. The maximum atomic E-state index is 13.1. The third-order valence-electron chi connectivity index (χ3n) is 4.26. The van der Waals surface area contributed by atoms with Crippen molar-refractivity contribution in [1.29, 1.82) is 0 Å². The van der Waals surface area contributed by atoms with Crippen LogP contribution in [0.25, 0.3) is 5.69 Å². The molecule has 3 rings (SSSR count). The fourth-order valence-corrected chi connectivity index (χ4v) is 3.93. The first-order valence-corrected chi connectivity index (χ1v) is 10.3. The first-order valence-electron chi connectivity index (χ1n) is 8.79. The summed E-state index contributed by atoms with van der Waals surface area (Å²) in [5.41, 5.74) is 1.39. The van der Waals surface area contributed by atoms with Crippen molar-refractivity contribution in [2.75, 3.05) is 11.1 Å². The maximum absolute atomic E-state index is 13.1. The Balaban J connectivity index is 1.75. The van der Waals surface area contributed by atoms with Crippen LogP contribution in [0.2, 0.25) is 5.02 Å². The summed E-state index contributed by atoms with van der Waals surface area (Å²) in [4.78, 5) is 12.4. The number of nitrogens with one attached hydrogen (secondary N) is 1. The number of carbonyl (C=O) groups excluding carboxylic acids is 1. The number of aryl methyl sites for hydroxylation is 3. The highest BCUT2D eigenvalue weighted by Gasteiger charge is 2.31. The van der Waals surface area contributed by atoms with E-state index in [1.807, 2.05) is 6.92 Å². The second-order valence-electron chi connectivity index (χ2n) is 6.59. The van der Waals surface area contributed by atoms with E-state index < -0.39 is 11.7 Å². The average molecular weight is 459 g/mol. The summed E-state index contributed by atoms with van der Waals surface area (Å²) in [7, 11) is 0. The number of halogens is 4. The minimum atomic E-state index is -4.53. The van der Waals surface area contributed by atoms with Gasteiger partial charge in [-0.05, 0) is 39.0 Å². The molecule has 1 N–H and O–H groups in total. The molecule has 0 spiro atoms. The number of hydrogen-bond acceptors (Lipinski definition) is 5. The number of rotatable bonds is 6. The zero-order valence-electron chi connectivity index (χ0n) is 16.3. The van der Waals surface area contributed by atoms with Gasteiger partial charge in [-0.15, -0.1) is 11.8 Å². The van der Waals surface area contributed by atoms with Crippen LogP contribution in [0.15, 0.2) is 28.8 Å². The first kappa shape index (κ1) is 22.2. The van der Waals surface area contributed by atoms with Crippen molar-refractivity contribution >= 4 is 35.1 Å². The lowest BCUT2D eigenvalue weighted by Gasteiger charge is -2.13. The van der Waals surface area contributed by atoms with Gasteiger partial charge in [0.25, 0.3) is 0 Å². The molecule has 1 aromatic carbocycles. The van der Waals surface area contributed by atoms with Crippen LogP contribution in [0, 0.1) is 20.8 Å². The summed E-state index contributed by atoms with van der Waals surface area (Å²) >= 11 is 7.48. The van der Waals surface area contributed by atoms with E-state index in [-0.39, 0.29) is 28.2 Å². The fraction of sp³-hybridized carbons (Fsp3) is 0.316. The molecule has 0 aliphatic carbocycles. The van der Waals surface area contributed by atoms with Crippen LogP contribution in [0.3, 0.4) is 0 Å². The molecular weight excluding hydrogens is 441 g/mol. The van der Waals surface area contributed by atoms with Gasteiger partial charge in [0.05, 0.1) is 33.4 Å². The molecule has 160 valence electrons. The number of nitrogens with zero attached hydrogens (tertiary/aromatic N) is 3. The smallest absolute Gasteiger partial charge is 0.361 e. The van der Waals surface area contributed by atoms with E-state index in [0.29, 0.717) is 17.2 Å². The van der Waals surface area contributed by atoms with E-state index in [4.69, 9.17) is 16.1 Å². The summed E-state index contributed by atoms with van der Waals surface area (Å²) in [6.07, 6.45) is -4.53. The third kappa shape index (κ3) is 4.99. The molecule has 0 aliphatic rings. The molecule has 2 aromatic heterocycles. The number of carbonyl (C=O) groups is 1. The molecule has 0 saturated carbocycles. The molecule has 1 amide bonds. The SMILES string of the molecule is Cc1cc(NC(=O)CSCc2c(C)noc2C)n(-c2cc(C(F)(F)F)ccc2Cl)n1. The molecule has 0 atom stereocenters. The number of alkyl halides is 3. The normalized spacial score (nSPS) is 11.7. The zero-order valence-corrected chi connectivity index (χ0v) is 17.9. The second kappa shape index (κ2) is 8.73. The Hall–Kier alpha value is -2.46. The Labute approximate surface area is 179 Å². The lowest BCUT2D eigenvalue weighted by molar-refractivity contribution is -0.137.